The van der Waals surface area contributed by atoms with E-state index in [4.69, 9.17) is 0 Å². The fourth-order valence-corrected chi connectivity index (χ4v) is 1.78. The lowest BCUT2D eigenvalue weighted by Gasteiger charge is -2.35. The van der Waals surface area contributed by atoms with Crippen LogP contribution in [0.2, 0.25) is 0 Å². The topological polar surface area (TPSA) is 29.1 Å². The van der Waals surface area contributed by atoms with Crippen molar-refractivity contribution in [2.24, 2.45) is 5.41 Å². The van der Waals surface area contributed by atoms with Gasteiger partial charge in [0.2, 0.25) is 0 Å². The van der Waals surface area contributed by atoms with E-state index in [-0.39, 0.29) is 23.6 Å². The van der Waals surface area contributed by atoms with Crippen molar-refractivity contribution in [2.45, 2.75) is 52.6 Å². The maximum Gasteiger partial charge on any atom is 0.131 e. The minimum Gasteiger partial charge on any atom is -0.307 e. The zero-order valence-electron chi connectivity index (χ0n) is 10.0. The molecule has 1 aliphatic rings. The van der Waals surface area contributed by atoms with Crippen LogP contribution in [0.4, 0.5) is 0 Å². The van der Waals surface area contributed by atoms with E-state index >= 15 is 0 Å². The van der Waals surface area contributed by atoms with Gasteiger partial charge in [-0.05, 0) is 18.8 Å². The normalized spacial score (nSPS) is 25.9. The molecule has 0 aliphatic carbocycles. The molecule has 0 unspecified atom stereocenters. The van der Waals surface area contributed by atoms with Gasteiger partial charge in [-0.1, -0.05) is 32.9 Å². The average Bonchev–Trinajstić information content (AvgIpc) is 2.01. The summed E-state index contributed by atoms with van der Waals surface area (Å²) in [6.45, 7) is 8.30. The van der Waals surface area contributed by atoms with Crippen LogP contribution in [-0.4, -0.2) is 17.9 Å². The summed E-state index contributed by atoms with van der Waals surface area (Å²) in [7, 11) is 0. The van der Waals surface area contributed by atoms with Crippen LogP contribution in [0, 0.1) is 5.41 Å². The van der Waals surface area contributed by atoms with Crippen molar-refractivity contribution >= 4 is 18.2 Å². The Morgan fingerprint density at radius 3 is 2.53 bits per heavy atom. The maximum atomic E-state index is 11.0. The Kier molecular flexibility index (Phi) is 5.54. The number of carbonyl (C=O) groups is 1. The second-order valence-electron chi connectivity index (χ2n) is 5.28. The van der Waals surface area contributed by atoms with Gasteiger partial charge < -0.3 is 5.32 Å². The van der Waals surface area contributed by atoms with Crippen LogP contribution in [0.5, 0.6) is 0 Å². The molecule has 0 saturated carbocycles. The molecular weight excluding hydrogens is 210 g/mol. The van der Waals surface area contributed by atoms with Crippen molar-refractivity contribution in [3.05, 3.63) is 12.2 Å². The highest BCUT2D eigenvalue weighted by Gasteiger charge is 2.27. The van der Waals surface area contributed by atoms with E-state index in [0.29, 0.717) is 18.5 Å². The van der Waals surface area contributed by atoms with Crippen molar-refractivity contribution in [1.82, 2.24) is 5.32 Å². The van der Waals surface area contributed by atoms with Crippen LogP contribution in [0.3, 0.4) is 0 Å². The minimum atomic E-state index is 0. The Morgan fingerprint density at radius 1 is 1.47 bits per heavy atom. The first-order valence-corrected chi connectivity index (χ1v) is 5.32. The molecule has 1 aliphatic heterocycles. The first kappa shape index (κ1) is 14.7. The number of hydrogen-bond acceptors (Lipinski definition) is 2. The summed E-state index contributed by atoms with van der Waals surface area (Å²) in [6.07, 6.45) is 6.04. The lowest BCUT2D eigenvalue weighted by molar-refractivity contribution is -0.117. The molecule has 2 atom stereocenters. The van der Waals surface area contributed by atoms with Crippen LogP contribution in [-0.2, 0) is 4.79 Å². The quantitative estimate of drug-likeness (QED) is 0.741. The molecule has 1 rings (SSSR count). The summed E-state index contributed by atoms with van der Waals surface area (Å²) >= 11 is 0. The average molecular weight is 232 g/mol. The largest absolute Gasteiger partial charge is 0.307 e. The first-order valence-electron chi connectivity index (χ1n) is 5.32. The Balaban J connectivity index is 0.00000196. The lowest BCUT2D eigenvalue weighted by atomic mass is 9.83. The third-order valence-electron chi connectivity index (χ3n) is 2.63. The molecule has 0 bridgehead atoms. The van der Waals surface area contributed by atoms with Gasteiger partial charge in [0, 0.05) is 18.5 Å². The van der Waals surface area contributed by atoms with E-state index in [2.05, 4.69) is 38.2 Å². The minimum absolute atomic E-state index is 0. The highest BCUT2D eigenvalue weighted by Crippen LogP contribution is 2.24. The van der Waals surface area contributed by atoms with Crippen LogP contribution in [0.25, 0.3) is 0 Å². The number of carbonyl (C=O) groups excluding carboxylic acids is 1. The van der Waals surface area contributed by atoms with Crippen LogP contribution < -0.4 is 5.32 Å². The molecule has 0 fully saturated rings. The molecule has 0 aromatic rings. The monoisotopic (exact) mass is 231 g/mol. The summed E-state index contributed by atoms with van der Waals surface area (Å²) in [4.78, 5) is 11.0. The van der Waals surface area contributed by atoms with Gasteiger partial charge in [0.1, 0.15) is 5.78 Å². The van der Waals surface area contributed by atoms with Crippen LogP contribution >= 0.6 is 12.4 Å². The second kappa shape index (κ2) is 5.66. The molecule has 0 amide bonds. The summed E-state index contributed by atoms with van der Waals surface area (Å²) in [5.41, 5.74) is 0.228. The summed E-state index contributed by atoms with van der Waals surface area (Å²) in [5, 5.41) is 3.52. The van der Waals surface area contributed by atoms with Gasteiger partial charge in [-0.25, -0.2) is 0 Å². The van der Waals surface area contributed by atoms with Crippen molar-refractivity contribution in [1.29, 1.82) is 0 Å². The Bertz CT molecular complexity index is 242. The molecule has 0 radical (unpaired) electrons. The van der Waals surface area contributed by atoms with Gasteiger partial charge in [-0.3, -0.25) is 4.79 Å². The summed E-state index contributed by atoms with van der Waals surface area (Å²) < 4.78 is 0. The van der Waals surface area contributed by atoms with Gasteiger partial charge in [-0.15, -0.1) is 12.4 Å². The fraction of sp³-hybridized carbons (Fsp3) is 0.750. The number of Topliss-reactive ketones (excluding diaryl/α,β-unsaturated/α-hetero) is 1. The first-order chi connectivity index (χ1) is 6.39. The standard InChI is InChI=1S/C12H21NO.ClH/c1-9(14)8-10-6-5-7-11(13-10)12(2,3)4;/h5,7,10-11,13H,6,8H2,1-4H3;1H/t10-,11-;/m1./s1. The smallest absolute Gasteiger partial charge is 0.131 e. The molecular formula is C12H22ClNO. The highest BCUT2D eigenvalue weighted by atomic mass is 35.5. The number of hydrogen-bond donors (Lipinski definition) is 1. The third kappa shape index (κ3) is 4.80. The zero-order chi connectivity index (χ0) is 10.8. The van der Waals surface area contributed by atoms with Gasteiger partial charge >= 0.3 is 0 Å². The Labute approximate surface area is 98.9 Å². The molecule has 1 heterocycles. The molecule has 3 heteroatoms. The van der Waals surface area contributed by atoms with E-state index in [9.17, 15) is 4.79 Å². The van der Waals surface area contributed by atoms with E-state index < -0.39 is 0 Å². The maximum absolute atomic E-state index is 11.0. The molecule has 0 aromatic heterocycles. The van der Waals surface area contributed by atoms with Crippen molar-refractivity contribution in [3.63, 3.8) is 0 Å². The zero-order valence-corrected chi connectivity index (χ0v) is 10.9. The molecule has 0 saturated heterocycles. The predicted octanol–water partition coefficient (Wildman–Crippen LogP) is 2.72. The molecule has 0 spiro atoms. The second-order valence-corrected chi connectivity index (χ2v) is 5.28. The summed E-state index contributed by atoms with van der Waals surface area (Å²) in [6, 6.07) is 0.724. The van der Waals surface area contributed by atoms with E-state index in [0.717, 1.165) is 6.42 Å². The molecule has 88 valence electrons. The number of nitrogens with one attached hydrogen (secondary N) is 1. The number of rotatable bonds is 2. The third-order valence-corrected chi connectivity index (χ3v) is 2.63. The molecule has 15 heavy (non-hydrogen) atoms. The molecule has 0 aromatic carbocycles. The van der Waals surface area contributed by atoms with Gasteiger partial charge in [0.05, 0.1) is 0 Å². The van der Waals surface area contributed by atoms with Gasteiger partial charge in [-0.2, -0.15) is 0 Å². The molecule has 2 nitrogen and oxygen atoms in total. The predicted molar refractivity (Wildman–Crippen MR) is 66.5 cm³/mol. The van der Waals surface area contributed by atoms with Gasteiger partial charge in [0.15, 0.2) is 0 Å². The van der Waals surface area contributed by atoms with Crippen LogP contribution in [0.15, 0.2) is 12.2 Å². The van der Waals surface area contributed by atoms with Crippen molar-refractivity contribution in [3.8, 4) is 0 Å². The number of ketones is 1. The Morgan fingerprint density at radius 2 is 2.07 bits per heavy atom. The van der Waals surface area contributed by atoms with Crippen LogP contribution in [0.1, 0.15) is 40.5 Å². The SMILES string of the molecule is CC(=O)C[C@H]1CC=C[C@H](C(C)(C)C)N1.Cl. The lowest BCUT2D eigenvalue weighted by Crippen LogP contribution is -2.47. The van der Waals surface area contributed by atoms with Gasteiger partial charge in [0.25, 0.3) is 0 Å². The van der Waals surface area contributed by atoms with E-state index in [1.165, 1.54) is 0 Å². The van der Waals surface area contributed by atoms with E-state index in [1.54, 1.807) is 6.92 Å². The fourth-order valence-electron chi connectivity index (χ4n) is 1.78. The Hall–Kier alpha value is -0.340. The highest BCUT2D eigenvalue weighted by molar-refractivity contribution is 5.85. The van der Waals surface area contributed by atoms with Crippen molar-refractivity contribution in [2.75, 3.05) is 0 Å². The molecule has 1 N–H and O–H groups in total. The van der Waals surface area contributed by atoms with E-state index in [1.807, 2.05) is 0 Å². The van der Waals surface area contributed by atoms with Crippen molar-refractivity contribution < 1.29 is 4.79 Å². The number of halogens is 1. The summed E-state index contributed by atoms with van der Waals surface area (Å²) in [5.74, 6) is 0.269.